The van der Waals surface area contributed by atoms with Crippen LogP contribution in [0.25, 0.3) is 0 Å². The predicted octanol–water partition coefficient (Wildman–Crippen LogP) is 3.66. The minimum absolute atomic E-state index is 0.615. The third kappa shape index (κ3) is 4.52. The summed E-state index contributed by atoms with van der Waals surface area (Å²) in [5.74, 6) is 1.51. The summed E-state index contributed by atoms with van der Waals surface area (Å²) < 4.78 is 0. The van der Waals surface area contributed by atoms with Crippen LogP contribution in [0.4, 0.5) is 5.69 Å². The van der Waals surface area contributed by atoms with Crippen LogP contribution in [0.1, 0.15) is 45.1 Å². The highest BCUT2D eigenvalue weighted by Crippen LogP contribution is 2.26. The van der Waals surface area contributed by atoms with E-state index in [1.54, 1.807) is 0 Å². The Kier molecular flexibility index (Phi) is 6.18. The second kappa shape index (κ2) is 8.35. The van der Waals surface area contributed by atoms with Gasteiger partial charge in [0.1, 0.15) is 0 Å². The molecule has 0 atom stereocenters. The lowest BCUT2D eigenvalue weighted by atomic mass is 9.95. The molecule has 134 valence electrons. The normalized spacial score (nSPS) is 21.6. The Balaban J connectivity index is 1.47. The fourth-order valence-corrected chi connectivity index (χ4v) is 4.11. The van der Waals surface area contributed by atoms with Crippen LogP contribution in [0.3, 0.4) is 0 Å². The minimum Gasteiger partial charge on any atom is -0.372 e. The molecule has 0 radical (unpaired) electrons. The fraction of sp³-hybridized carbons (Fsp3) is 0.714. The molecule has 2 saturated heterocycles. The van der Waals surface area contributed by atoms with Crippen molar-refractivity contribution < 1.29 is 0 Å². The van der Waals surface area contributed by atoms with E-state index >= 15 is 0 Å². The quantitative estimate of drug-likeness (QED) is 0.816. The van der Waals surface area contributed by atoms with E-state index in [0.717, 1.165) is 5.92 Å². The van der Waals surface area contributed by atoms with E-state index < -0.39 is 0 Å². The fourth-order valence-electron chi connectivity index (χ4n) is 4.11. The molecule has 2 aliphatic heterocycles. The molecule has 3 nitrogen and oxygen atoms in total. The molecule has 1 aromatic rings. The molecule has 0 N–H and O–H groups in total. The maximum atomic E-state index is 2.70. The molecule has 0 bridgehead atoms. The van der Waals surface area contributed by atoms with Crippen molar-refractivity contribution in [2.45, 2.75) is 39.5 Å². The van der Waals surface area contributed by atoms with Gasteiger partial charge in [0.15, 0.2) is 0 Å². The van der Waals surface area contributed by atoms with Gasteiger partial charge in [-0.25, -0.2) is 0 Å². The van der Waals surface area contributed by atoms with Crippen molar-refractivity contribution in [2.75, 3.05) is 57.3 Å². The Morgan fingerprint density at radius 1 is 0.958 bits per heavy atom. The van der Waals surface area contributed by atoms with Crippen molar-refractivity contribution in [3.63, 3.8) is 0 Å². The summed E-state index contributed by atoms with van der Waals surface area (Å²) in [4.78, 5) is 7.87. The smallest absolute Gasteiger partial charge is 0.0369 e. The van der Waals surface area contributed by atoms with E-state index in [0.29, 0.717) is 5.92 Å². The molecule has 0 aliphatic carbocycles. The molecule has 1 aromatic carbocycles. The zero-order chi connectivity index (χ0) is 16.9. The lowest BCUT2D eigenvalue weighted by molar-refractivity contribution is 0.116. The van der Waals surface area contributed by atoms with Gasteiger partial charge in [-0.1, -0.05) is 32.9 Å². The molecule has 24 heavy (non-hydrogen) atoms. The molecule has 2 heterocycles. The van der Waals surface area contributed by atoms with Crippen LogP contribution in [-0.4, -0.2) is 62.2 Å². The lowest BCUT2D eigenvalue weighted by Gasteiger charge is -2.39. The Hall–Kier alpha value is -1.06. The van der Waals surface area contributed by atoms with E-state index in [4.69, 9.17) is 0 Å². The van der Waals surface area contributed by atoms with Crippen molar-refractivity contribution in [1.82, 2.24) is 9.80 Å². The largest absolute Gasteiger partial charge is 0.372 e. The first kappa shape index (κ1) is 17.8. The van der Waals surface area contributed by atoms with Crippen LogP contribution >= 0.6 is 0 Å². The average molecular weight is 330 g/mol. The number of likely N-dealkylation sites (N-methyl/N-ethyl adjacent to an activating group) is 1. The summed E-state index contributed by atoms with van der Waals surface area (Å²) in [6, 6.07) is 9.17. The average Bonchev–Trinajstić information content (AvgIpc) is 2.63. The molecular weight excluding hydrogens is 294 g/mol. The predicted molar refractivity (Wildman–Crippen MR) is 104 cm³/mol. The molecular formula is C21H35N3. The monoisotopic (exact) mass is 329 g/mol. The highest BCUT2D eigenvalue weighted by atomic mass is 15.3. The maximum Gasteiger partial charge on any atom is 0.0369 e. The maximum absolute atomic E-state index is 2.70. The van der Waals surface area contributed by atoms with Crippen molar-refractivity contribution in [2.24, 2.45) is 5.92 Å². The number of rotatable bonds is 5. The number of piperidine rings is 1. The number of hydrogen-bond acceptors (Lipinski definition) is 3. The molecule has 0 unspecified atom stereocenters. The summed E-state index contributed by atoms with van der Waals surface area (Å²) >= 11 is 0. The van der Waals surface area contributed by atoms with Gasteiger partial charge in [0.05, 0.1) is 0 Å². The second-order valence-corrected chi connectivity index (χ2v) is 7.91. The Bertz CT molecular complexity index is 498. The third-order valence-electron chi connectivity index (χ3n) is 5.95. The number of hydrogen-bond donors (Lipinski definition) is 0. The minimum atomic E-state index is 0.615. The van der Waals surface area contributed by atoms with E-state index in [-0.39, 0.29) is 0 Å². The van der Waals surface area contributed by atoms with E-state index in [9.17, 15) is 0 Å². The highest BCUT2D eigenvalue weighted by molar-refractivity contribution is 5.49. The van der Waals surface area contributed by atoms with Crippen LogP contribution < -0.4 is 4.90 Å². The van der Waals surface area contributed by atoms with Gasteiger partial charge in [-0.3, -0.25) is 0 Å². The molecule has 3 rings (SSSR count). The van der Waals surface area contributed by atoms with Crippen molar-refractivity contribution in [3.05, 3.63) is 29.8 Å². The highest BCUT2D eigenvalue weighted by Gasteiger charge is 2.23. The van der Waals surface area contributed by atoms with E-state index in [1.165, 1.54) is 76.5 Å². The van der Waals surface area contributed by atoms with Gasteiger partial charge in [-0.05, 0) is 48.9 Å². The van der Waals surface area contributed by atoms with Gasteiger partial charge >= 0.3 is 0 Å². The van der Waals surface area contributed by atoms with E-state index in [2.05, 4.69) is 59.7 Å². The number of benzene rings is 1. The Labute approximate surface area is 148 Å². The zero-order valence-corrected chi connectivity index (χ0v) is 15.9. The van der Waals surface area contributed by atoms with Crippen LogP contribution in [0.2, 0.25) is 0 Å². The van der Waals surface area contributed by atoms with Gasteiger partial charge in [0.25, 0.3) is 0 Å². The zero-order valence-electron chi connectivity index (χ0n) is 15.9. The third-order valence-corrected chi connectivity index (χ3v) is 5.95. The topological polar surface area (TPSA) is 9.72 Å². The Morgan fingerprint density at radius 2 is 1.62 bits per heavy atom. The summed E-state index contributed by atoms with van der Waals surface area (Å²) in [6.07, 6.45) is 2.69. The molecule has 0 spiro atoms. The van der Waals surface area contributed by atoms with Gasteiger partial charge < -0.3 is 14.7 Å². The molecule has 0 saturated carbocycles. The van der Waals surface area contributed by atoms with Gasteiger partial charge in [-0.2, -0.15) is 0 Å². The number of anilines is 1. The molecule has 3 heteroatoms. The van der Waals surface area contributed by atoms with Crippen molar-refractivity contribution in [1.29, 1.82) is 0 Å². The van der Waals surface area contributed by atoms with E-state index in [1.807, 2.05) is 0 Å². The van der Waals surface area contributed by atoms with Crippen LogP contribution in [-0.2, 0) is 0 Å². The standard InChI is InChI=1S/C21H35N3/c1-4-22-12-14-23(15-13-22)17-19-8-10-24(11-9-19)21-7-5-6-20(16-21)18(2)3/h5-7,16,18-19H,4,8-15,17H2,1-3H3. The summed E-state index contributed by atoms with van der Waals surface area (Å²) in [5.41, 5.74) is 2.89. The SMILES string of the molecule is CCN1CCN(CC2CCN(c3cccc(C(C)C)c3)CC2)CC1. The molecule has 2 aliphatic rings. The molecule has 2 fully saturated rings. The summed E-state index contributed by atoms with van der Waals surface area (Å²) in [6.45, 7) is 16.9. The molecule has 0 aromatic heterocycles. The first-order valence-corrected chi connectivity index (χ1v) is 9.95. The summed E-state index contributed by atoms with van der Waals surface area (Å²) in [5, 5.41) is 0. The van der Waals surface area contributed by atoms with Crippen molar-refractivity contribution >= 4 is 5.69 Å². The van der Waals surface area contributed by atoms with Crippen molar-refractivity contribution in [3.8, 4) is 0 Å². The first-order chi connectivity index (χ1) is 11.7. The van der Waals surface area contributed by atoms with Gasteiger partial charge in [-0.15, -0.1) is 0 Å². The van der Waals surface area contributed by atoms with Crippen LogP contribution in [0.5, 0.6) is 0 Å². The Morgan fingerprint density at radius 3 is 2.25 bits per heavy atom. The number of nitrogens with zero attached hydrogens (tertiary/aromatic N) is 3. The van der Waals surface area contributed by atoms with Gasteiger partial charge in [0, 0.05) is 51.5 Å². The summed E-state index contributed by atoms with van der Waals surface area (Å²) in [7, 11) is 0. The van der Waals surface area contributed by atoms with Crippen LogP contribution in [0.15, 0.2) is 24.3 Å². The lowest BCUT2D eigenvalue weighted by Crippen LogP contribution is -2.48. The van der Waals surface area contributed by atoms with Crippen LogP contribution in [0, 0.1) is 5.92 Å². The second-order valence-electron chi connectivity index (χ2n) is 7.91. The van der Waals surface area contributed by atoms with Gasteiger partial charge in [0.2, 0.25) is 0 Å². The first-order valence-electron chi connectivity index (χ1n) is 9.95. The molecule has 0 amide bonds. The number of piperazine rings is 1.